The lowest BCUT2D eigenvalue weighted by atomic mass is 10.7. The summed E-state index contributed by atoms with van der Waals surface area (Å²) in [6, 6.07) is 0. The van der Waals surface area contributed by atoms with Gasteiger partial charge in [0.2, 0.25) is 6.29 Å². The normalized spacial score (nSPS) is 28.4. The first-order chi connectivity index (χ1) is 5.59. The molecule has 0 saturated carbocycles. The Hall–Kier alpha value is -0.750. The summed E-state index contributed by atoms with van der Waals surface area (Å²) in [6.07, 6.45) is -0.754. The lowest BCUT2D eigenvalue weighted by Gasteiger charge is -2.12. The number of esters is 1. The first kappa shape index (κ1) is 9.34. The highest BCUT2D eigenvalue weighted by Gasteiger charge is 2.28. The van der Waals surface area contributed by atoms with Crippen molar-refractivity contribution in [3.8, 4) is 0 Å². The predicted molar refractivity (Wildman–Crippen MR) is 37.9 cm³/mol. The van der Waals surface area contributed by atoms with E-state index in [-0.39, 0.29) is 0 Å². The van der Waals surface area contributed by atoms with Gasteiger partial charge < -0.3 is 19.4 Å². The van der Waals surface area contributed by atoms with Gasteiger partial charge in [-0.05, 0) is 0 Å². The van der Waals surface area contributed by atoms with Crippen molar-refractivity contribution < 1.29 is 24.2 Å². The van der Waals surface area contributed by atoms with E-state index in [1.54, 1.807) is 0 Å². The molecule has 0 bridgehead atoms. The molecule has 0 spiro atoms. The number of aliphatic carboxylic acids is 1. The molecule has 0 aliphatic carbocycles. The van der Waals surface area contributed by atoms with Gasteiger partial charge in [0, 0.05) is 6.92 Å². The molecular formula is C6H7O5S-. The summed E-state index contributed by atoms with van der Waals surface area (Å²) in [5.41, 5.74) is -1.02. The fraction of sp³-hybridized carbons (Fsp3) is 0.667. The second-order valence-corrected chi connectivity index (χ2v) is 3.25. The Kier molecular flexibility index (Phi) is 2.93. The van der Waals surface area contributed by atoms with Gasteiger partial charge >= 0.3 is 5.97 Å². The third-order valence-corrected chi connectivity index (χ3v) is 2.22. The zero-order chi connectivity index (χ0) is 9.14. The number of hydrogen-bond acceptors (Lipinski definition) is 6. The van der Waals surface area contributed by atoms with E-state index in [9.17, 15) is 14.7 Å². The van der Waals surface area contributed by atoms with Crippen molar-refractivity contribution in [3.63, 3.8) is 0 Å². The van der Waals surface area contributed by atoms with Gasteiger partial charge in [0.15, 0.2) is 0 Å². The average molecular weight is 191 g/mol. The molecule has 1 rings (SSSR count). The SMILES string of the molecule is CC(=O)O[C@@H]1CS[C@@H](C(=O)[O-])O1. The number of thioether (sulfide) groups is 1. The van der Waals surface area contributed by atoms with Crippen LogP contribution >= 0.6 is 11.8 Å². The smallest absolute Gasteiger partial charge is 0.304 e. The van der Waals surface area contributed by atoms with Gasteiger partial charge in [0.25, 0.3) is 0 Å². The molecule has 0 aromatic heterocycles. The summed E-state index contributed by atoms with van der Waals surface area (Å²) in [7, 11) is 0. The van der Waals surface area contributed by atoms with Gasteiger partial charge in [0.1, 0.15) is 5.44 Å². The number of carbonyl (C=O) groups is 2. The van der Waals surface area contributed by atoms with Crippen LogP contribution in [0.3, 0.4) is 0 Å². The Labute approximate surface area is 73.0 Å². The van der Waals surface area contributed by atoms with Gasteiger partial charge in [-0.15, -0.1) is 11.8 Å². The van der Waals surface area contributed by atoms with E-state index in [0.29, 0.717) is 5.75 Å². The van der Waals surface area contributed by atoms with Crippen LogP contribution in [0.2, 0.25) is 0 Å². The standard InChI is InChI=1S/C6H8O5S/c1-3(7)10-4-2-12-6(11-4)5(8)9/h4,6H,2H2,1H3,(H,8,9)/p-1/t4-,6-/m0/s1. The highest BCUT2D eigenvalue weighted by Crippen LogP contribution is 2.25. The fourth-order valence-corrected chi connectivity index (χ4v) is 1.57. The maximum atomic E-state index is 10.4. The number of hydrogen-bond donors (Lipinski definition) is 0. The van der Waals surface area contributed by atoms with Crippen LogP contribution in [0.25, 0.3) is 0 Å². The molecule has 2 atom stereocenters. The molecule has 1 aliphatic heterocycles. The number of carbonyl (C=O) groups excluding carboxylic acids is 2. The molecule has 1 fully saturated rings. The fourth-order valence-electron chi connectivity index (χ4n) is 0.753. The molecule has 1 saturated heterocycles. The Balaban J connectivity index is 2.35. The van der Waals surface area contributed by atoms with Crippen LogP contribution in [0.1, 0.15) is 6.92 Å². The van der Waals surface area contributed by atoms with Gasteiger partial charge in [-0.2, -0.15) is 0 Å². The maximum Gasteiger partial charge on any atom is 0.304 e. The van der Waals surface area contributed by atoms with E-state index in [2.05, 4.69) is 4.74 Å². The summed E-state index contributed by atoms with van der Waals surface area (Å²) in [6.45, 7) is 1.24. The number of rotatable bonds is 2. The largest absolute Gasteiger partial charge is 0.546 e. The minimum Gasteiger partial charge on any atom is -0.546 e. The van der Waals surface area contributed by atoms with E-state index < -0.39 is 23.7 Å². The zero-order valence-electron chi connectivity index (χ0n) is 6.31. The van der Waals surface area contributed by atoms with Gasteiger partial charge in [0.05, 0.1) is 11.7 Å². The molecule has 12 heavy (non-hydrogen) atoms. The average Bonchev–Trinajstić information content (AvgIpc) is 2.34. The molecule has 0 amide bonds. The van der Waals surface area contributed by atoms with Crippen LogP contribution in [-0.2, 0) is 19.1 Å². The van der Waals surface area contributed by atoms with Crippen molar-refractivity contribution in [1.29, 1.82) is 0 Å². The van der Waals surface area contributed by atoms with E-state index >= 15 is 0 Å². The number of carboxylic acid groups (broad SMARTS) is 1. The highest BCUT2D eigenvalue weighted by molar-refractivity contribution is 8.00. The lowest BCUT2D eigenvalue weighted by Crippen LogP contribution is -2.34. The van der Waals surface area contributed by atoms with Crippen LogP contribution in [0, 0.1) is 0 Å². The molecule has 68 valence electrons. The van der Waals surface area contributed by atoms with E-state index in [1.807, 2.05) is 0 Å². The predicted octanol–water partition coefficient (Wildman–Crippen LogP) is -1.29. The molecule has 0 aromatic rings. The second kappa shape index (κ2) is 3.77. The van der Waals surface area contributed by atoms with Crippen molar-refractivity contribution in [2.24, 2.45) is 0 Å². The number of carboxylic acids is 1. The lowest BCUT2D eigenvalue weighted by molar-refractivity contribution is -0.314. The van der Waals surface area contributed by atoms with Gasteiger partial charge in [-0.1, -0.05) is 0 Å². The summed E-state index contributed by atoms with van der Waals surface area (Å²) in [4.78, 5) is 20.6. The maximum absolute atomic E-state index is 10.4. The van der Waals surface area contributed by atoms with Crippen LogP contribution in [-0.4, -0.2) is 29.4 Å². The van der Waals surface area contributed by atoms with Crippen molar-refractivity contribution in [2.45, 2.75) is 18.6 Å². The molecule has 5 nitrogen and oxygen atoms in total. The minimum atomic E-state index is -1.30. The van der Waals surface area contributed by atoms with Crippen LogP contribution in [0.5, 0.6) is 0 Å². The molecule has 1 aliphatic rings. The van der Waals surface area contributed by atoms with Crippen LogP contribution < -0.4 is 5.11 Å². The monoisotopic (exact) mass is 191 g/mol. The quantitative estimate of drug-likeness (QED) is 0.506. The van der Waals surface area contributed by atoms with Gasteiger partial charge in [-0.3, -0.25) is 4.79 Å². The Morgan fingerprint density at radius 1 is 1.67 bits per heavy atom. The molecule has 6 heteroatoms. The highest BCUT2D eigenvalue weighted by atomic mass is 32.2. The summed E-state index contributed by atoms with van der Waals surface area (Å²) in [5, 5.41) is 10.2. The van der Waals surface area contributed by atoms with Crippen molar-refractivity contribution in [3.05, 3.63) is 0 Å². The van der Waals surface area contributed by atoms with Crippen molar-refractivity contribution >= 4 is 23.7 Å². The van der Waals surface area contributed by atoms with E-state index in [1.165, 1.54) is 6.92 Å². The van der Waals surface area contributed by atoms with Crippen LogP contribution in [0.15, 0.2) is 0 Å². The Morgan fingerprint density at radius 2 is 2.33 bits per heavy atom. The Bertz CT molecular complexity index is 204. The third kappa shape index (κ3) is 2.38. The first-order valence-corrected chi connectivity index (χ1v) is 4.29. The zero-order valence-corrected chi connectivity index (χ0v) is 7.13. The summed E-state index contributed by atoms with van der Waals surface area (Å²) >= 11 is 1.04. The Morgan fingerprint density at radius 3 is 2.75 bits per heavy atom. The van der Waals surface area contributed by atoms with Crippen molar-refractivity contribution in [1.82, 2.24) is 0 Å². The topological polar surface area (TPSA) is 75.7 Å². The summed E-state index contributed by atoms with van der Waals surface area (Å²) < 4.78 is 9.41. The summed E-state index contributed by atoms with van der Waals surface area (Å²) in [5.74, 6) is -1.45. The molecule has 0 unspecified atom stereocenters. The molecule has 0 radical (unpaired) electrons. The number of ether oxygens (including phenoxy) is 2. The van der Waals surface area contributed by atoms with E-state index in [0.717, 1.165) is 11.8 Å². The van der Waals surface area contributed by atoms with Gasteiger partial charge in [-0.25, -0.2) is 0 Å². The molecular weight excluding hydrogens is 184 g/mol. The van der Waals surface area contributed by atoms with E-state index in [4.69, 9.17) is 4.74 Å². The first-order valence-electron chi connectivity index (χ1n) is 3.24. The molecule has 0 aromatic carbocycles. The second-order valence-electron chi connectivity index (χ2n) is 2.16. The van der Waals surface area contributed by atoms with Crippen LogP contribution in [0.4, 0.5) is 0 Å². The van der Waals surface area contributed by atoms with Crippen molar-refractivity contribution in [2.75, 3.05) is 5.75 Å². The molecule has 0 N–H and O–H groups in total. The molecule has 1 heterocycles. The third-order valence-electron chi connectivity index (χ3n) is 1.15. The minimum absolute atomic E-state index is 0.332.